The molecule has 0 aliphatic rings. The monoisotopic (exact) mass is 360 g/mol. The zero-order valence-corrected chi connectivity index (χ0v) is 14.5. The highest BCUT2D eigenvalue weighted by Crippen LogP contribution is 2.28. The molecule has 0 bridgehead atoms. The normalized spacial score (nSPS) is 12.0. The van der Waals surface area contributed by atoms with E-state index in [1.807, 2.05) is 6.26 Å². The van der Waals surface area contributed by atoms with E-state index in [4.69, 9.17) is 27.9 Å². The maximum Gasteiger partial charge on any atom is 0.279 e. The summed E-state index contributed by atoms with van der Waals surface area (Å²) in [4.78, 5) is 12.2. The second-order valence-electron chi connectivity index (χ2n) is 4.38. The summed E-state index contributed by atoms with van der Waals surface area (Å²) < 4.78 is 7.07. The molecule has 1 N–H and O–H groups in total. The number of aryl methyl sites for hydroxylation is 1. The molecule has 2 rings (SSSR count). The van der Waals surface area contributed by atoms with Crippen LogP contribution in [0.15, 0.2) is 23.4 Å². The highest BCUT2D eigenvalue weighted by molar-refractivity contribution is 7.98. The third kappa shape index (κ3) is 3.85. The molecule has 1 aromatic heterocycles. The van der Waals surface area contributed by atoms with E-state index in [1.165, 1.54) is 16.4 Å². The molecule has 22 heavy (non-hydrogen) atoms. The Labute approximate surface area is 142 Å². The Hall–Kier alpha value is -1.44. The van der Waals surface area contributed by atoms with E-state index in [0.717, 1.165) is 0 Å². The number of hydrogen-bond acceptors (Lipinski definition) is 5. The first-order valence-corrected chi connectivity index (χ1v) is 8.29. The third-order valence-corrected chi connectivity index (χ3v) is 3.93. The number of nitrogens with one attached hydrogen (secondary N) is 1. The van der Waals surface area contributed by atoms with Gasteiger partial charge < -0.3 is 4.74 Å². The Morgan fingerprint density at radius 3 is 2.77 bits per heavy atom. The molecular formula is C13H14Cl2N4O2S. The maximum atomic E-state index is 12.2. The summed E-state index contributed by atoms with van der Waals surface area (Å²) in [7, 11) is 0. The fourth-order valence-electron chi connectivity index (χ4n) is 1.62. The molecule has 118 valence electrons. The molecule has 0 saturated heterocycles. The molecule has 0 radical (unpaired) electrons. The Morgan fingerprint density at radius 2 is 2.14 bits per heavy atom. The molecule has 0 fully saturated rings. The number of nitrogens with zero attached hydrogens (tertiary/aromatic N) is 3. The minimum absolute atomic E-state index is 0.343. The van der Waals surface area contributed by atoms with Crippen molar-refractivity contribution in [2.75, 3.05) is 11.7 Å². The van der Waals surface area contributed by atoms with Gasteiger partial charge in [0.1, 0.15) is 11.6 Å². The van der Waals surface area contributed by atoms with E-state index >= 15 is 0 Å². The number of carbonyl (C=O) groups excluding carboxylic acids is 1. The summed E-state index contributed by atoms with van der Waals surface area (Å²) in [6.45, 7) is 3.37. The average Bonchev–Trinajstić information content (AvgIpc) is 2.82. The zero-order chi connectivity index (χ0) is 16.3. The van der Waals surface area contributed by atoms with Crippen molar-refractivity contribution in [1.29, 1.82) is 0 Å². The van der Waals surface area contributed by atoms with Crippen molar-refractivity contribution in [2.24, 2.45) is 0 Å². The van der Waals surface area contributed by atoms with E-state index in [0.29, 0.717) is 26.8 Å². The van der Waals surface area contributed by atoms with Crippen molar-refractivity contribution in [3.63, 3.8) is 0 Å². The van der Waals surface area contributed by atoms with Crippen LogP contribution in [0.1, 0.15) is 12.7 Å². The van der Waals surface area contributed by atoms with Crippen LogP contribution in [-0.4, -0.2) is 33.1 Å². The lowest BCUT2D eigenvalue weighted by Crippen LogP contribution is -2.35. The van der Waals surface area contributed by atoms with Gasteiger partial charge in [-0.05, 0) is 38.3 Å². The number of carbonyl (C=O) groups is 1. The van der Waals surface area contributed by atoms with Crippen molar-refractivity contribution in [3.8, 4) is 5.75 Å². The highest BCUT2D eigenvalue weighted by Gasteiger charge is 2.19. The number of hydrogen-bond donors (Lipinski definition) is 1. The predicted octanol–water partition coefficient (Wildman–Crippen LogP) is 3.15. The van der Waals surface area contributed by atoms with E-state index < -0.39 is 6.10 Å². The number of amides is 1. The lowest BCUT2D eigenvalue weighted by Gasteiger charge is -2.17. The van der Waals surface area contributed by atoms with E-state index in [-0.39, 0.29) is 5.91 Å². The van der Waals surface area contributed by atoms with Gasteiger partial charge in [0.25, 0.3) is 5.91 Å². The van der Waals surface area contributed by atoms with Gasteiger partial charge in [-0.15, -0.1) is 10.2 Å². The molecule has 0 saturated carbocycles. The van der Waals surface area contributed by atoms with Gasteiger partial charge in [-0.1, -0.05) is 35.0 Å². The quantitative estimate of drug-likeness (QED) is 0.829. The van der Waals surface area contributed by atoms with Gasteiger partial charge in [-0.25, -0.2) is 4.68 Å². The average molecular weight is 361 g/mol. The van der Waals surface area contributed by atoms with Gasteiger partial charge in [0.05, 0.1) is 5.02 Å². The van der Waals surface area contributed by atoms with Crippen LogP contribution < -0.4 is 10.2 Å². The van der Waals surface area contributed by atoms with Crippen LogP contribution in [0.3, 0.4) is 0 Å². The van der Waals surface area contributed by atoms with Crippen LogP contribution in [0.4, 0.5) is 0 Å². The molecule has 9 heteroatoms. The van der Waals surface area contributed by atoms with Crippen molar-refractivity contribution >= 4 is 40.9 Å². The number of halogens is 2. The van der Waals surface area contributed by atoms with Gasteiger partial charge in [0.15, 0.2) is 6.10 Å². The minimum Gasteiger partial charge on any atom is -0.479 e. The molecule has 0 spiro atoms. The van der Waals surface area contributed by atoms with Crippen molar-refractivity contribution in [1.82, 2.24) is 14.9 Å². The fourth-order valence-corrected chi connectivity index (χ4v) is 2.56. The summed E-state index contributed by atoms with van der Waals surface area (Å²) in [6.07, 6.45) is 1.09. The van der Waals surface area contributed by atoms with Gasteiger partial charge in [-0.2, -0.15) is 0 Å². The van der Waals surface area contributed by atoms with Crippen molar-refractivity contribution < 1.29 is 9.53 Å². The lowest BCUT2D eigenvalue weighted by atomic mass is 10.3. The number of rotatable bonds is 5. The lowest BCUT2D eigenvalue weighted by molar-refractivity contribution is -0.123. The first kappa shape index (κ1) is 16.9. The molecule has 1 atom stereocenters. The molecule has 1 heterocycles. The Morgan fingerprint density at radius 1 is 1.41 bits per heavy atom. The number of benzene rings is 1. The van der Waals surface area contributed by atoms with Crippen molar-refractivity contribution in [3.05, 3.63) is 34.1 Å². The van der Waals surface area contributed by atoms with Crippen LogP contribution in [-0.2, 0) is 4.79 Å². The summed E-state index contributed by atoms with van der Waals surface area (Å²) in [5.41, 5.74) is 2.70. The summed E-state index contributed by atoms with van der Waals surface area (Å²) in [6, 6.07) is 4.81. The largest absolute Gasteiger partial charge is 0.479 e. The highest BCUT2D eigenvalue weighted by atomic mass is 35.5. The zero-order valence-electron chi connectivity index (χ0n) is 12.1. The molecule has 2 aromatic rings. The number of thioether (sulfide) groups is 1. The second-order valence-corrected chi connectivity index (χ2v) is 6.00. The van der Waals surface area contributed by atoms with Crippen LogP contribution in [0, 0.1) is 6.92 Å². The third-order valence-electron chi connectivity index (χ3n) is 2.77. The first-order chi connectivity index (χ1) is 10.4. The van der Waals surface area contributed by atoms with E-state index in [9.17, 15) is 4.79 Å². The fraction of sp³-hybridized carbons (Fsp3) is 0.308. The van der Waals surface area contributed by atoms with Gasteiger partial charge in [0.2, 0.25) is 5.16 Å². The second kappa shape index (κ2) is 7.21. The summed E-state index contributed by atoms with van der Waals surface area (Å²) in [5, 5.41) is 9.28. The molecule has 6 nitrogen and oxygen atoms in total. The van der Waals surface area contributed by atoms with E-state index in [1.54, 1.807) is 32.0 Å². The SMILES string of the molecule is CSc1nnc(C)n1NC(=O)[C@H](C)Oc1ccc(Cl)cc1Cl. The van der Waals surface area contributed by atoms with Gasteiger partial charge >= 0.3 is 0 Å². The molecule has 1 aromatic carbocycles. The Balaban J connectivity index is 2.07. The predicted molar refractivity (Wildman–Crippen MR) is 87.5 cm³/mol. The topological polar surface area (TPSA) is 69.0 Å². The first-order valence-electron chi connectivity index (χ1n) is 6.31. The van der Waals surface area contributed by atoms with E-state index in [2.05, 4.69) is 15.6 Å². The smallest absolute Gasteiger partial charge is 0.279 e. The van der Waals surface area contributed by atoms with Gasteiger partial charge in [0, 0.05) is 5.02 Å². The Bertz CT molecular complexity index is 693. The Kier molecular flexibility index (Phi) is 5.55. The van der Waals surface area contributed by atoms with Gasteiger partial charge in [-0.3, -0.25) is 10.2 Å². The summed E-state index contributed by atoms with van der Waals surface area (Å²) in [5.74, 6) is 0.623. The van der Waals surface area contributed by atoms with Crippen LogP contribution in [0.2, 0.25) is 10.0 Å². The molecule has 1 amide bonds. The maximum absolute atomic E-state index is 12.2. The molecular weight excluding hydrogens is 347 g/mol. The number of ether oxygens (including phenoxy) is 1. The van der Waals surface area contributed by atoms with Crippen LogP contribution in [0.25, 0.3) is 0 Å². The molecule has 0 aliphatic carbocycles. The molecule has 0 unspecified atom stereocenters. The van der Waals surface area contributed by atoms with Crippen LogP contribution in [0.5, 0.6) is 5.75 Å². The van der Waals surface area contributed by atoms with Crippen LogP contribution >= 0.6 is 35.0 Å². The minimum atomic E-state index is -0.754. The standard InChI is InChI=1S/C13H14Cl2N4O2S/c1-7(21-11-5-4-9(14)6-10(11)15)12(20)18-19-8(2)16-17-13(19)22-3/h4-7H,1-3H3,(H,18,20)/t7-/m0/s1. The summed E-state index contributed by atoms with van der Waals surface area (Å²) >= 11 is 13.2. The van der Waals surface area contributed by atoms with Crippen molar-refractivity contribution in [2.45, 2.75) is 25.1 Å². The molecule has 0 aliphatic heterocycles. The number of aromatic nitrogens is 3.